The van der Waals surface area contributed by atoms with Gasteiger partial charge in [0, 0.05) is 6.07 Å². The van der Waals surface area contributed by atoms with E-state index in [0.717, 1.165) is 6.07 Å². The maximum atomic E-state index is 12.4. The maximum Gasteiger partial charge on any atom is 0.309 e. The normalized spacial score (nSPS) is 10.5. The van der Waals surface area contributed by atoms with Crippen LogP contribution in [0.4, 0.5) is 8.78 Å². The number of carbonyl (C=O) groups is 1. The van der Waals surface area contributed by atoms with Crippen LogP contribution < -0.4 is 4.74 Å². The number of aliphatic carboxylic acids is 1. The van der Waals surface area contributed by atoms with E-state index in [2.05, 4.69) is 4.98 Å². The Kier molecular flexibility index (Phi) is 3.60. The van der Waals surface area contributed by atoms with Gasteiger partial charge in [-0.2, -0.15) is 0 Å². The standard InChI is InChI=1S/C9H9F2NO4/c1-16-6-3-5(13)8(9(10)11)12-4(6)2-7(14)15/h3,9,13H,2H2,1H3,(H,14,15). The third kappa shape index (κ3) is 2.56. The van der Waals surface area contributed by atoms with Crippen molar-refractivity contribution in [3.05, 3.63) is 17.5 Å². The molecule has 16 heavy (non-hydrogen) atoms. The van der Waals surface area contributed by atoms with Gasteiger partial charge in [-0.25, -0.2) is 13.8 Å². The minimum absolute atomic E-state index is 0.0377. The summed E-state index contributed by atoms with van der Waals surface area (Å²) >= 11 is 0. The Labute approximate surface area is 89.3 Å². The van der Waals surface area contributed by atoms with Crippen molar-refractivity contribution in [1.82, 2.24) is 4.98 Å². The smallest absolute Gasteiger partial charge is 0.309 e. The van der Waals surface area contributed by atoms with Crippen molar-refractivity contribution in [2.75, 3.05) is 7.11 Å². The van der Waals surface area contributed by atoms with Crippen molar-refractivity contribution < 1.29 is 28.5 Å². The molecule has 7 heteroatoms. The predicted octanol–water partition coefficient (Wildman–Crippen LogP) is 1.36. The molecule has 0 fully saturated rings. The highest BCUT2D eigenvalue weighted by atomic mass is 19.3. The minimum atomic E-state index is -2.97. The van der Waals surface area contributed by atoms with Crippen LogP contribution in [0.3, 0.4) is 0 Å². The highest BCUT2D eigenvalue weighted by molar-refractivity contribution is 5.70. The molecule has 0 amide bonds. The maximum absolute atomic E-state index is 12.4. The number of ether oxygens (including phenoxy) is 1. The molecule has 1 aromatic heterocycles. The summed E-state index contributed by atoms with van der Waals surface area (Å²) < 4.78 is 29.5. The van der Waals surface area contributed by atoms with Crippen LogP contribution in [0.5, 0.6) is 11.5 Å². The van der Waals surface area contributed by atoms with E-state index in [4.69, 9.17) is 9.84 Å². The SMILES string of the molecule is COc1cc(O)c(C(F)F)nc1CC(=O)O. The summed E-state index contributed by atoms with van der Waals surface area (Å²) in [6.07, 6.45) is -3.53. The first-order valence-corrected chi connectivity index (χ1v) is 4.22. The molecule has 0 aliphatic carbocycles. The van der Waals surface area contributed by atoms with Crippen molar-refractivity contribution in [2.24, 2.45) is 0 Å². The van der Waals surface area contributed by atoms with Crippen molar-refractivity contribution in [3.8, 4) is 11.5 Å². The number of hydrogen-bond acceptors (Lipinski definition) is 4. The van der Waals surface area contributed by atoms with Gasteiger partial charge in [0.2, 0.25) is 0 Å². The van der Waals surface area contributed by atoms with Crippen LogP contribution in [-0.2, 0) is 11.2 Å². The first-order valence-electron chi connectivity index (χ1n) is 4.22. The Morgan fingerprint density at radius 1 is 1.62 bits per heavy atom. The Morgan fingerprint density at radius 3 is 2.69 bits per heavy atom. The van der Waals surface area contributed by atoms with Gasteiger partial charge in [0.05, 0.1) is 19.2 Å². The van der Waals surface area contributed by atoms with Crippen LogP contribution in [0.25, 0.3) is 0 Å². The van der Waals surface area contributed by atoms with E-state index in [-0.39, 0.29) is 11.4 Å². The molecule has 1 rings (SSSR count). The highest BCUT2D eigenvalue weighted by Gasteiger charge is 2.20. The summed E-state index contributed by atoms with van der Waals surface area (Å²) in [4.78, 5) is 13.8. The van der Waals surface area contributed by atoms with Crippen molar-refractivity contribution in [2.45, 2.75) is 12.8 Å². The first-order chi connectivity index (χ1) is 7.45. The molecule has 0 aliphatic rings. The average molecular weight is 233 g/mol. The molecule has 0 saturated carbocycles. The number of pyridine rings is 1. The fourth-order valence-electron chi connectivity index (χ4n) is 1.15. The van der Waals surface area contributed by atoms with Gasteiger partial charge < -0.3 is 14.9 Å². The summed E-state index contributed by atoms with van der Waals surface area (Å²) in [5.74, 6) is -1.98. The largest absolute Gasteiger partial charge is 0.506 e. The van der Waals surface area contributed by atoms with Crippen molar-refractivity contribution in [1.29, 1.82) is 0 Å². The molecule has 2 N–H and O–H groups in total. The molecule has 0 aromatic carbocycles. The summed E-state index contributed by atoms with van der Waals surface area (Å²) in [6, 6.07) is 0.923. The predicted molar refractivity (Wildman–Crippen MR) is 48.8 cm³/mol. The second kappa shape index (κ2) is 4.73. The summed E-state index contributed by atoms with van der Waals surface area (Å²) in [6.45, 7) is 0. The van der Waals surface area contributed by atoms with E-state index < -0.39 is 30.3 Å². The number of nitrogens with zero attached hydrogens (tertiary/aromatic N) is 1. The summed E-state index contributed by atoms with van der Waals surface area (Å²) in [5.41, 5.74) is -1.000. The monoisotopic (exact) mass is 233 g/mol. The molecule has 0 unspecified atom stereocenters. The number of carboxylic acids is 1. The lowest BCUT2D eigenvalue weighted by Gasteiger charge is -2.09. The Hall–Kier alpha value is -1.92. The topological polar surface area (TPSA) is 79.7 Å². The molecular formula is C9H9F2NO4. The highest BCUT2D eigenvalue weighted by Crippen LogP contribution is 2.31. The van der Waals surface area contributed by atoms with E-state index in [9.17, 15) is 18.7 Å². The number of aromatic nitrogens is 1. The molecule has 0 atom stereocenters. The van der Waals surface area contributed by atoms with Gasteiger partial charge in [-0.1, -0.05) is 0 Å². The molecule has 88 valence electrons. The molecule has 0 aliphatic heterocycles. The zero-order valence-electron chi connectivity index (χ0n) is 8.28. The number of rotatable bonds is 4. The zero-order valence-corrected chi connectivity index (χ0v) is 8.28. The Morgan fingerprint density at radius 2 is 2.25 bits per heavy atom. The van der Waals surface area contributed by atoms with E-state index in [1.165, 1.54) is 7.11 Å². The lowest BCUT2D eigenvalue weighted by molar-refractivity contribution is -0.136. The van der Waals surface area contributed by atoms with E-state index in [1.54, 1.807) is 0 Å². The fourth-order valence-corrected chi connectivity index (χ4v) is 1.15. The molecule has 1 aromatic rings. The van der Waals surface area contributed by atoms with Crippen LogP contribution in [0, 0.1) is 0 Å². The number of methoxy groups -OCH3 is 1. The van der Waals surface area contributed by atoms with Gasteiger partial charge >= 0.3 is 5.97 Å². The number of aromatic hydroxyl groups is 1. The van der Waals surface area contributed by atoms with Crippen LogP contribution >= 0.6 is 0 Å². The van der Waals surface area contributed by atoms with Crippen molar-refractivity contribution in [3.63, 3.8) is 0 Å². The lowest BCUT2D eigenvalue weighted by Crippen LogP contribution is -2.07. The van der Waals surface area contributed by atoms with E-state index in [0.29, 0.717) is 0 Å². The molecule has 1 heterocycles. The van der Waals surface area contributed by atoms with Crippen molar-refractivity contribution >= 4 is 5.97 Å². The zero-order chi connectivity index (χ0) is 12.3. The van der Waals surface area contributed by atoms with Gasteiger partial charge in [-0.15, -0.1) is 0 Å². The Balaban J connectivity index is 3.22. The van der Waals surface area contributed by atoms with Crippen LogP contribution in [-0.4, -0.2) is 28.3 Å². The van der Waals surface area contributed by atoms with Gasteiger partial charge in [0.25, 0.3) is 6.43 Å². The van der Waals surface area contributed by atoms with Crippen LogP contribution in [0.15, 0.2) is 6.07 Å². The van der Waals surface area contributed by atoms with Crippen LogP contribution in [0.2, 0.25) is 0 Å². The van der Waals surface area contributed by atoms with E-state index in [1.807, 2.05) is 0 Å². The quantitative estimate of drug-likeness (QED) is 0.820. The Bertz CT molecular complexity index is 409. The van der Waals surface area contributed by atoms with Gasteiger partial charge in [-0.05, 0) is 0 Å². The molecule has 0 spiro atoms. The third-order valence-corrected chi connectivity index (χ3v) is 1.82. The second-order valence-corrected chi connectivity index (χ2v) is 2.91. The summed E-state index contributed by atoms with van der Waals surface area (Å²) in [5, 5.41) is 17.7. The first kappa shape index (κ1) is 12.2. The third-order valence-electron chi connectivity index (χ3n) is 1.82. The van der Waals surface area contributed by atoms with Crippen LogP contribution in [0.1, 0.15) is 17.8 Å². The second-order valence-electron chi connectivity index (χ2n) is 2.91. The van der Waals surface area contributed by atoms with Gasteiger partial charge in [0.15, 0.2) is 0 Å². The number of alkyl halides is 2. The molecule has 5 nitrogen and oxygen atoms in total. The molecular weight excluding hydrogens is 224 g/mol. The summed E-state index contributed by atoms with van der Waals surface area (Å²) in [7, 11) is 1.23. The number of halogens is 2. The van der Waals surface area contributed by atoms with Gasteiger partial charge in [-0.3, -0.25) is 4.79 Å². The number of carboxylic acid groups (broad SMARTS) is 1. The fraction of sp³-hybridized carbons (Fsp3) is 0.333. The molecule has 0 bridgehead atoms. The van der Waals surface area contributed by atoms with Gasteiger partial charge in [0.1, 0.15) is 17.2 Å². The average Bonchev–Trinajstić information content (AvgIpc) is 2.18. The molecule has 0 radical (unpaired) electrons. The minimum Gasteiger partial charge on any atom is -0.506 e. The number of hydrogen-bond donors (Lipinski definition) is 2. The molecule has 0 saturated heterocycles. The lowest BCUT2D eigenvalue weighted by atomic mass is 10.2. The van der Waals surface area contributed by atoms with E-state index >= 15 is 0 Å².